The third kappa shape index (κ3) is 3.67. The van der Waals surface area contributed by atoms with E-state index in [0.29, 0.717) is 22.5 Å². The van der Waals surface area contributed by atoms with E-state index in [9.17, 15) is 13.2 Å². The highest BCUT2D eigenvalue weighted by Gasteiger charge is 2.34. The highest BCUT2D eigenvalue weighted by Crippen LogP contribution is 2.27. The van der Waals surface area contributed by atoms with E-state index in [1.54, 1.807) is 26.8 Å². The van der Waals surface area contributed by atoms with E-state index in [2.05, 4.69) is 24.8 Å². The number of sulfonamides is 1. The minimum atomic E-state index is -3.91. The maximum absolute atomic E-state index is 13.0. The van der Waals surface area contributed by atoms with E-state index < -0.39 is 21.3 Å². The van der Waals surface area contributed by atoms with Gasteiger partial charge in [-0.2, -0.15) is 9.71 Å². The molecule has 0 fully saturated rings. The zero-order valence-corrected chi connectivity index (χ0v) is 16.9. The van der Waals surface area contributed by atoms with Gasteiger partial charge in [0.15, 0.2) is 5.82 Å². The predicted octanol–water partition coefficient (Wildman–Crippen LogP) is 2.06. The van der Waals surface area contributed by atoms with Gasteiger partial charge in [0.2, 0.25) is 15.9 Å². The molecule has 0 aliphatic heterocycles. The third-order valence-corrected chi connectivity index (χ3v) is 5.92. The first-order chi connectivity index (χ1) is 12.3. The van der Waals surface area contributed by atoms with E-state index in [1.807, 2.05) is 20.8 Å². The molecule has 146 valence electrons. The number of hydrogen-bond donors (Lipinski definition) is 3. The zero-order valence-electron chi connectivity index (χ0n) is 16.1. The summed E-state index contributed by atoms with van der Waals surface area (Å²) in [6.07, 6.45) is 0. The molecule has 0 spiro atoms. The fraction of sp³-hybridized carbons (Fsp3) is 0.471. The Morgan fingerprint density at radius 2 is 1.67 bits per heavy atom. The van der Waals surface area contributed by atoms with Crippen LogP contribution in [0.2, 0.25) is 0 Å². The summed E-state index contributed by atoms with van der Waals surface area (Å²) in [5.41, 5.74) is -0.374. The summed E-state index contributed by atoms with van der Waals surface area (Å²) in [7, 11) is -3.91. The number of nitrogens with one attached hydrogen (secondary N) is 3. The van der Waals surface area contributed by atoms with Gasteiger partial charge in [-0.05, 0) is 38.5 Å². The Bertz CT molecular complexity index is 1160. The van der Waals surface area contributed by atoms with Gasteiger partial charge in [0.05, 0.1) is 21.5 Å². The molecule has 27 heavy (non-hydrogen) atoms. The van der Waals surface area contributed by atoms with Crippen LogP contribution in [0.1, 0.15) is 51.9 Å². The van der Waals surface area contributed by atoms with E-state index in [0.717, 1.165) is 0 Å². The molecular formula is C17H23N5O4S. The van der Waals surface area contributed by atoms with Crippen LogP contribution < -0.4 is 10.4 Å². The minimum absolute atomic E-state index is 0.0675. The van der Waals surface area contributed by atoms with Crippen LogP contribution in [0.15, 0.2) is 26.3 Å². The number of benzene rings is 1. The van der Waals surface area contributed by atoms with Gasteiger partial charge in [0, 0.05) is 5.41 Å². The summed E-state index contributed by atoms with van der Waals surface area (Å²) in [6.45, 7) is 10.8. The smallest absolute Gasteiger partial charge is 0.323 e. The molecule has 3 rings (SSSR count). The van der Waals surface area contributed by atoms with Gasteiger partial charge in [-0.1, -0.05) is 25.9 Å². The third-order valence-electron chi connectivity index (χ3n) is 4.12. The average molecular weight is 393 g/mol. The Labute approximate surface area is 156 Å². The molecule has 0 aliphatic rings. The molecular weight excluding hydrogens is 370 g/mol. The highest BCUT2D eigenvalue weighted by atomic mass is 32.2. The van der Waals surface area contributed by atoms with Gasteiger partial charge >= 0.3 is 5.69 Å². The second-order valence-corrected chi connectivity index (χ2v) is 9.80. The van der Waals surface area contributed by atoms with Crippen molar-refractivity contribution in [2.24, 2.45) is 0 Å². The van der Waals surface area contributed by atoms with Gasteiger partial charge in [-0.3, -0.25) is 0 Å². The number of hydrogen-bond acceptors (Lipinski definition) is 6. The first-order valence-corrected chi connectivity index (χ1v) is 9.89. The molecule has 0 atom stereocenters. The normalized spacial score (nSPS) is 13.4. The summed E-state index contributed by atoms with van der Waals surface area (Å²) >= 11 is 0. The van der Waals surface area contributed by atoms with Crippen molar-refractivity contribution in [2.45, 2.75) is 57.4 Å². The van der Waals surface area contributed by atoms with Crippen LogP contribution in [0.4, 0.5) is 0 Å². The van der Waals surface area contributed by atoms with Gasteiger partial charge < -0.3 is 14.5 Å². The molecule has 3 aromatic rings. The van der Waals surface area contributed by atoms with Gasteiger partial charge in [-0.25, -0.2) is 13.2 Å². The Kier molecular flexibility index (Phi) is 4.31. The quantitative estimate of drug-likeness (QED) is 0.621. The molecule has 10 heteroatoms. The van der Waals surface area contributed by atoms with E-state index in [-0.39, 0.29) is 16.1 Å². The largest absolute Gasteiger partial charge is 0.339 e. The zero-order chi connectivity index (χ0) is 20.2. The Hall–Kier alpha value is -2.46. The van der Waals surface area contributed by atoms with E-state index in [4.69, 9.17) is 4.52 Å². The molecule has 0 amide bonds. The first kappa shape index (κ1) is 19.3. The van der Waals surface area contributed by atoms with Crippen LogP contribution in [0.5, 0.6) is 0 Å². The Balaban J connectivity index is 1.99. The number of aromatic amines is 2. The highest BCUT2D eigenvalue weighted by molar-refractivity contribution is 7.89. The monoisotopic (exact) mass is 393 g/mol. The maximum atomic E-state index is 13.0. The number of imidazole rings is 1. The molecule has 3 N–H and O–H groups in total. The fourth-order valence-corrected chi connectivity index (χ4v) is 4.31. The summed E-state index contributed by atoms with van der Waals surface area (Å²) in [5.74, 6) is 0.664. The summed E-state index contributed by atoms with van der Waals surface area (Å²) in [4.78, 5) is 21.1. The summed E-state index contributed by atoms with van der Waals surface area (Å²) in [5, 5.41) is 3.94. The summed E-state index contributed by atoms with van der Waals surface area (Å²) in [6, 6.07) is 3.04. The van der Waals surface area contributed by atoms with Crippen molar-refractivity contribution in [3.8, 4) is 0 Å². The number of H-pyrrole nitrogens is 2. The van der Waals surface area contributed by atoms with Gasteiger partial charge in [-0.15, -0.1) is 0 Å². The van der Waals surface area contributed by atoms with E-state index in [1.165, 1.54) is 6.07 Å². The predicted molar refractivity (Wildman–Crippen MR) is 100 cm³/mol. The lowest BCUT2D eigenvalue weighted by atomic mass is 9.97. The number of aryl methyl sites for hydroxylation is 1. The van der Waals surface area contributed by atoms with Crippen molar-refractivity contribution < 1.29 is 12.9 Å². The van der Waals surface area contributed by atoms with Crippen molar-refractivity contribution in [1.82, 2.24) is 24.8 Å². The maximum Gasteiger partial charge on any atom is 0.323 e. The molecule has 0 saturated carbocycles. The standard InChI is InChI=1S/C17H23N5O4S/c1-9-7-10-11(19-15(23)18-10)8-12(9)27(24,25)22-17(5,6)13-20-14(26-21-13)16(2,3)4/h7-8,22H,1-6H3,(H2,18,19,23). The first-order valence-electron chi connectivity index (χ1n) is 8.41. The molecule has 0 aliphatic carbocycles. The molecule has 2 aromatic heterocycles. The molecule has 0 radical (unpaired) electrons. The lowest BCUT2D eigenvalue weighted by molar-refractivity contribution is 0.311. The SMILES string of the molecule is Cc1cc2[nH]c(=O)[nH]c2cc1S(=O)(=O)NC(C)(C)c1noc(C(C)(C)C)n1. The van der Waals surface area contributed by atoms with Crippen LogP contribution in [0, 0.1) is 6.92 Å². The number of fused-ring (bicyclic) bond motifs is 1. The summed E-state index contributed by atoms with van der Waals surface area (Å²) < 4.78 is 33.9. The number of aromatic nitrogens is 4. The van der Waals surface area contributed by atoms with E-state index >= 15 is 0 Å². The number of nitrogens with zero attached hydrogens (tertiary/aromatic N) is 2. The van der Waals surface area contributed by atoms with Crippen molar-refractivity contribution in [2.75, 3.05) is 0 Å². The van der Waals surface area contributed by atoms with Crippen LogP contribution in [-0.2, 0) is 21.0 Å². The second-order valence-electron chi connectivity index (χ2n) is 8.15. The molecule has 0 saturated heterocycles. The number of rotatable bonds is 4. The molecule has 2 heterocycles. The van der Waals surface area contributed by atoms with Crippen molar-refractivity contribution >= 4 is 21.1 Å². The van der Waals surface area contributed by atoms with Gasteiger partial charge in [0.1, 0.15) is 0 Å². The van der Waals surface area contributed by atoms with Crippen molar-refractivity contribution in [1.29, 1.82) is 0 Å². The molecule has 0 unspecified atom stereocenters. The molecule has 0 bridgehead atoms. The molecule has 9 nitrogen and oxygen atoms in total. The second kappa shape index (κ2) is 6.03. The fourth-order valence-electron chi connectivity index (χ4n) is 2.68. The minimum Gasteiger partial charge on any atom is -0.339 e. The van der Waals surface area contributed by atoms with Crippen LogP contribution in [0.25, 0.3) is 11.0 Å². The Morgan fingerprint density at radius 3 is 2.22 bits per heavy atom. The van der Waals surface area contributed by atoms with Crippen molar-refractivity contribution in [3.63, 3.8) is 0 Å². The molecule has 1 aromatic carbocycles. The van der Waals surface area contributed by atoms with Crippen LogP contribution in [-0.4, -0.2) is 28.5 Å². The average Bonchev–Trinajstić information content (AvgIpc) is 3.10. The van der Waals surface area contributed by atoms with Crippen molar-refractivity contribution in [3.05, 3.63) is 39.9 Å². The van der Waals surface area contributed by atoms with Crippen LogP contribution >= 0.6 is 0 Å². The van der Waals surface area contributed by atoms with Crippen LogP contribution in [0.3, 0.4) is 0 Å². The lowest BCUT2D eigenvalue weighted by Gasteiger charge is -2.23. The lowest BCUT2D eigenvalue weighted by Crippen LogP contribution is -2.42. The Morgan fingerprint density at radius 1 is 1.07 bits per heavy atom. The van der Waals surface area contributed by atoms with Gasteiger partial charge in [0.25, 0.3) is 0 Å². The topological polar surface area (TPSA) is 134 Å².